The van der Waals surface area contributed by atoms with Gasteiger partial charge in [0, 0.05) is 6.54 Å². The molecule has 3 aromatic rings. The van der Waals surface area contributed by atoms with E-state index in [1.165, 1.54) is 7.11 Å². The van der Waals surface area contributed by atoms with Gasteiger partial charge in [-0.2, -0.15) is 10.4 Å². The van der Waals surface area contributed by atoms with Gasteiger partial charge in [0.1, 0.15) is 17.5 Å². The number of rotatable bonds is 5. The molecule has 0 saturated carbocycles. The van der Waals surface area contributed by atoms with E-state index in [9.17, 15) is 5.26 Å². The van der Waals surface area contributed by atoms with E-state index in [1.54, 1.807) is 16.8 Å². The average molecular weight is 404 g/mol. The van der Waals surface area contributed by atoms with Crippen LogP contribution in [0.4, 0.5) is 11.5 Å². The number of nitriles is 1. The van der Waals surface area contributed by atoms with Crippen LogP contribution in [0.5, 0.6) is 5.75 Å². The number of anilines is 2. The molecular weight excluding hydrogens is 385 g/mol. The number of halogens is 2. The first kappa shape index (κ1) is 20.4. The molecule has 0 aliphatic carbocycles. The molecule has 140 valence electrons. The van der Waals surface area contributed by atoms with E-state index in [-0.39, 0.29) is 12.4 Å². The number of aromatic nitrogens is 2. The highest BCUT2D eigenvalue weighted by Gasteiger charge is 2.16. The summed E-state index contributed by atoms with van der Waals surface area (Å²) in [6.45, 7) is 2.24. The lowest BCUT2D eigenvalue weighted by molar-refractivity contribution is 0.417. The number of para-hydroxylation sites is 1. The summed E-state index contributed by atoms with van der Waals surface area (Å²) in [5.74, 6) is 1.08. The van der Waals surface area contributed by atoms with Gasteiger partial charge in [0.05, 0.1) is 29.2 Å². The first-order valence-electron chi connectivity index (χ1n) is 7.96. The van der Waals surface area contributed by atoms with Crippen molar-refractivity contribution in [3.63, 3.8) is 0 Å². The second kappa shape index (κ2) is 8.67. The van der Waals surface area contributed by atoms with Crippen molar-refractivity contribution in [3.8, 4) is 17.5 Å². The molecule has 0 bridgehead atoms. The molecule has 0 aliphatic rings. The van der Waals surface area contributed by atoms with Gasteiger partial charge >= 0.3 is 0 Å². The van der Waals surface area contributed by atoms with Gasteiger partial charge in [0.2, 0.25) is 0 Å². The molecule has 1 aromatic heterocycles. The summed E-state index contributed by atoms with van der Waals surface area (Å²) in [4.78, 5) is 0. The number of nitrogen functional groups attached to an aromatic ring is 1. The second-order valence-corrected chi connectivity index (χ2v) is 6.13. The number of aryl methyl sites for hydroxylation is 1. The smallest absolute Gasteiger partial charge is 0.160 e. The van der Waals surface area contributed by atoms with Crippen LogP contribution in [0.25, 0.3) is 5.69 Å². The molecule has 0 spiro atoms. The van der Waals surface area contributed by atoms with Crippen LogP contribution in [0.1, 0.15) is 16.8 Å². The predicted octanol–water partition coefficient (Wildman–Crippen LogP) is 4.33. The molecule has 3 rings (SSSR count). The second-order valence-electron chi connectivity index (χ2n) is 5.72. The Labute approximate surface area is 168 Å². The highest BCUT2D eigenvalue weighted by Crippen LogP contribution is 2.32. The van der Waals surface area contributed by atoms with Crippen molar-refractivity contribution in [1.29, 1.82) is 5.26 Å². The van der Waals surface area contributed by atoms with E-state index >= 15 is 0 Å². The highest BCUT2D eigenvalue weighted by molar-refractivity contribution is 6.32. The van der Waals surface area contributed by atoms with Crippen LogP contribution in [0.3, 0.4) is 0 Å². The van der Waals surface area contributed by atoms with Gasteiger partial charge in [0.25, 0.3) is 0 Å². The van der Waals surface area contributed by atoms with Crippen LogP contribution in [-0.2, 0) is 6.54 Å². The van der Waals surface area contributed by atoms with Gasteiger partial charge < -0.3 is 15.8 Å². The number of nitrogens with two attached hydrogens (primary N) is 1. The van der Waals surface area contributed by atoms with Crippen molar-refractivity contribution in [1.82, 2.24) is 9.78 Å². The molecule has 3 N–H and O–H groups in total. The van der Waals surface area contributed by atoms with E-state index in [2.05, 4.69) is 16.5 Å². The molecular formula is C19H19Cl2N5O. The fraction of sp³-hybridized carbons (Fsp3) is 0.158. The third kappa shape index (κ3) is 4.11. The van der Waals surface area contributed by atoms with Crippen LogP contribution in [0.2, 0.25) is 5.02 Å². The molecule has 0 radical (unpaired) electrons. The molecule has 6 nitrogen and oxygen atoms in total. The molecule has 0 amide bonds. The van der Waals surface area contributed by atoms with Gasteiger partial charge in [-0.1, -0.05) is 29.8 Å². The van der Waals surface area contributed by atoms with E-state index in [1.807, 2.05) is 37.3 Å². The van der Waals surface area contributed by atoms with Crippen molar-refractivity contribution in [3.05, 3.63) is 64.3 Å². The quantitative estimate of drug-likeness (QED) is 0.618. The first-order chi connectivity index (χ1) is 12.5. The van der Waals surface area contributed by atoms with Gasteiger partial charge in [0.15, 0.2) is 5.75 Å². The summed E-state index contributed by atoms with van der Waals surface area (Å²) < 4.78 is 6.90. The van der Waals surface area contributed by atoms with Crippen LogP contribution in [0.15, 0.2) is 42.5 Å². The molecule has 0 unspecified atom stereocenters. The molecule has 8 heteroatoms. The summed E-state index contributed by atoms with van der Waals surface area (Å²) >= 11 is 6.20. The lowest BCUT2D eigenvalue weighted by Crippen LogP contribution is -2.08. The molecule has 0 saturated heterocycles. The van der Waals surface area contributed by atoms with Crippen LogP contribution < -0.4 is 15.8 Å². The van der Waals surface area contributed by atoms with E-state index < -0.39 is 0 Å². The Hall–Kier alpha value is -2.88. The monoisotopic (exact) mass is 403 g/mol. The maximum Gasteiger partial charge on any atom is 0.160 e. The fourth-order valence-corrected chi connectivity index (χ4v) is 3.08. The SMILES string of the molecule is COc1c(N)cc(CNc2c(C#N)c(C)nn2-c2ccccc2)cc1Cl.Cl. The zero-order valence-corrected chi connectivity index (χ0v) is 16.4. The van der Waals surface area contributed by atoms with Crippen LogP contribution in [-0.4, -0.2) is 16.9 Å². The van der Waals surface area contributed by atoms with E-state index in [0.29, 0.717) is 40.1 Å². The Morgan fingerprint density at radius 3 is 2.59 bits per heavy atom. The standard InChI is InChI=1S/C19H18ClN5O.ClH/c1-12-15(10-21)19(25(24-12)14-6-4-3-5-7-14)23-11-13-8-16(20)18(26-2)17(22)9-13;/h3-9,23H,11,22H2,1-2H3;1H. The summed E-state index contributed by atoms with van der Waals surface area (Å²) in [5.41, 5.74) is 9.34. The number of nitrogens with zero attached hydrogens (tertiary/aromatic N) is 3. The summed E-state index contributed by atoms with van der Waals surface area (Å²) in [6, 6.07) is 15.4. The third-order valence-corrected chi connectivity index (χ3v) is 4.25. The van der Waals surface area contributed by atoms with E-state index in [4.69, 9.17) is 22.1 Å². The minimum absolute atomic E-state index is 0. The van der Waals surface area contributed by atoms with Gasteiger partial charge in [-0.25, -0.2) is 4.68 Å². The van der Waals surface area contributed by atoms with Crippen molar-refractivity contribution < 1.29 is 4.74 Å². The van der Waals surface area contributed by atoms with Crippen LogP contribution in [0, 0.1) is 18.3 Å². The molecule has 0 aliphatic heterocycles. The van der Waals surface area contributed by atoms with Crippen molar-refractivity contribution in [2.24, 2.45) is 0 Å². The fourth-order valence-electron chi connectivity index (χ4n) is 2.76. The van der Waals surface area contributed by atoms with E-state index in [0.717, 1.165) is 11.3 Å². The van der Waals surface area contributed by atoms with Gasteiger partial charge in [-0.3, -0.25) is 0 Å². The summed E-state index contributed by atoms with van der Waals surface area (Å²) in [7, 11) is 1.52. The normalized spacial score (nSPS) is 10.0. The summed E-state index contributed by atoms with van der Waals surface area (Å²) in [5, 5.41) is 17.7. The van der Waals surface area contributed by atoms with Crippen molar-refractivity contribution in [2.75, 3.05) is 18.2 Å². The Morgan fingerprint density at radius 1 is 1.30 bits per heavy atom. The zero-order chi connectivity index (χ0) is 18.7. The predicted molar refractivity (Wildman–Crippen MR) is 110 cm³/mol. The average Bonchev–Trinajstić information content (AvgIpc) is 2.96. The number of nitrogens with one attached hydrogen (secondary N) is 1. The maximum absolute atomic E-state index is 9.51. The first-order valence-corrected chi connectivity index (χ1v) is 8.33. The number of methoxy groups -OCH3 is 1. The van der Waals surface area contributed by atoms with Crippen molar-refractivity contribution >= 4 is 35.5 Å². The Morgan fingerprint density at radius 2 is 2.00 bits per heavy atom. The largest absolute Gasteiger partial charge is 0.493 e. The minimum atomic E-state index is 0. The van der Waals surface area contributed by atoms with Gasteiger partial charge in [-0.05, 0) is 36.8 Å². The number of hydrogen-bond acceptors (Lipinski definition) is 5. The van der Waals surface area contributed by atoms with Crippen molar-refractivity contribution in [2.45, 2.75) is 13.5 Å². The zero-order valence-electron chi connectivity index (χ0n) is 14.9. The summed E-state index contributed by atoms with van der Waals surface area (Å²) in [6.07, 6.45) is 0. The Balaban J connectivity index is 0.00000261. The molecule has 27 heavy (non-hydrogen) atoms. The number of hydrogen-bond donors (Lipinski definition) is 2. The molecule has 1 heterocycles. The molecule has 0 fully saturated rings. The molecule has 0 atom stereocenters. The highest BCUT2D eigenvalue weighted by atomic mass is 35.5. The maximum atomic E-state index is 9.51. The lowest BCUT2D eigenvalue weighted by Gasteiger charge is -2.13. The number of benzene rings is 2. The molecule has 2 aromatic carbocycles. The topological polar surface area (TPSA) is 88.9 Å². The minimum Gasteiger partial charge on any atom is -0.493 e. The third-order valence-electron chi connectivity index (χ3n) is 3.97. The Bertz CT molecular complexity index is 957. The lowest BCUT2D eigenvalue weighted by atomic mass is 10.1. The van der Waals surface area contributed by atoms with Gasteiger partial charge in [-0.15, -0.1) is 12.4 Å². The Kier molecular flexibility index (Phi) is 6.56. The number of ether oxygens (including phenoxy) is 1. The van der Waals surface area contributed by atoms with Crippen LogP contribution >= 0.6 is 24.0 Å².